The first kappa shape index (κ1) is 59.6. The molecule has 1 aromatic heterocycles. The van der Waals surface area contributed by atoms with Crippen LogP contribution in [0.2, 0.25) is 0 Å². The van der Waals surface area contributed by atoms with Crippen molar-refractivity contribution < 1.29 is 11.0 Å². The minimum absolute atomic E-state index is 0.0812. The van der Waals surface area contributed by atoms with Crippen molar-refractivity contribution in [2.24, 2.45) is 0 Å². The van der Waals surface area contributed by atoms with Crippen molar-refractivity contribution in [2.75, 3.05) is 9.80 Å². The average Bonchev–Trinajstić information content (AvgIpc) is 1.50. The molecular formula is C105H94BN3. The van der Waals surface area contributed by atoms with Gasteiger partial charge in [-0.1, -0.05) is 328 Å². The Morgan fingerprint density at radius 1 is 0.294 bits per heavy atom. The Labute approximate surface area is 656 Å². The van der Waals surface area contributed by atoms with Crippen LogP contribution < -0.4 is 26.2 Å². The van der Waals surface area contributed by atoms with Gasteiger partial charge in [0.25, 0.3) is 6.71 Å². The van der Waals surface area contributed by atoms with Gasteiger partial charge in [0.05, 0.1) is 44.5 Å². The van der Waals surface area contributed by atoms with Crippen molar-refractivity contribution in [1.29, 1.82) is 0 Å². The number of benzene rings is 14. The van der Waals surface area contributed by atoms with Crippen molar-refractivity contribution in [1.82, 2.24) is 4.57 Å². The minimum atomic E-state index is -1.67. The third kappa shape index (κ3) is 10.5. The standard InChI is InChI=1S/C105H94BN3/c1-100(2,3)69-48-53-90(80(57-69)65-32-19-16-20-33-65)108-94-62-72(103(10,11)12)47-51-88(94)106-89-56-68(75-41-31-42-79-78-40-27-30-45-87(78)105(97(75)79)85-43-28-25-38-76(85)77-39-26-29-44-86(77)105)46-52-93(89)109(99-81(66-34-21-17-22-35-66)60-73(104(13,14)15)61-82(99)67-36-23-18-24-37-67)96-64-74(63-95(108)98(96)106)107-91-54-49-70(101(4,5)6)58-83(91)84-59-71(102(7,8)9)50-55-92(84)107/h16-64H,1-15H3/i25D,26D,28D,29D,38D,39D,43D,44D. The molecular weight excluding hydrogens is 1310 g/mol. The lowest BCUT2D eigenvalue weighted by Crippen LogP contribution is -2.61. The molecule has 19 rings (SSSR count). The fourth-order valence-corrected chi connectivity index (χ4v) is 18.3. The van der Waals surface area contributed by atoms with Crippen LogP contribution in [0.1, 0.15) is 165 Å². The van der Waals surface area contributed by atoms with Crippen molar-refractivity contribution in [2.45, 2.75) is 136 Å². The molecule has 0 saturated heterocycles. The highest BCUT2D eigenvalue weighted by Gasteiger charge is 2.53. The van der Waals surface area contributed by atoms with Crippen LogP contribution in [0.3, 0.4) is 0 Å². The van der Waals surface area contributed by atoms with Crippen LogP contribution in [0.15, 0.2) is 297 Å². The van der Waals surface area contributed by atoms with Crippen LogP contribution in [0.25, 0.3) is 94.3 Å². The molecule has 0 unspecified atom stereocenters. The Morgan fingerprint density at radius 3 is 1.30 bits per heavy atom. The van der Waals surface area contributed by atoms with E-state index in [1.165, 1.54) is 38.6 Å². The molecule has 0 N–H and O–H groups in total. The van der Waals surface area contributed by atoms with E-state index in [0.29, 0.717) is 11.1 Å². The quantitative estimate of drug-likeness (QED) is 0.147. The Bertz CT molecular complexity index is 6560. The molecule has 0 saturated carbocycles. The third-order valence-corrected chi connectivity index (χ3v) is 24.0. The SMILES string of the molecule is [2H]c1c([2H])c([2H])c2c(c1[2H])-c1c([2H])c([2H])c([2H])c([2H])c1C21c2ccccc2-c2cccc(-c3ccc4c(c3)B3c5ccc(C(C)(C)C)cc5N(c5ccc(C(C)(C)C)cc5-c5ccccc5)c5cc(-n6c7ccc(C(C)(C)C)cc7c7cc(C(C)(C)C)ccc76)cc(c53)N4c3c(-c4ccccc4)cc(C(C)(C)C)cc3-c3ccccc3)c21. The number of rotatable bonds is 7. The zero-order valence-electron chi connectivity index (χ0n) is 73.1. The molecule has 0 bridgehead atoms. The van der Waals surface area contributed by atoms with Crippen LogP contribution in [-0.4, -0.2) is 11.3 Å². The number of nitrogens with zero attached hydrogens (tertiary/aromatic N) is 3. The van der Waals surface area contributed by atoms with Crippen molar-refractivity contribution in [3.63, 3.8) is 0 Å². The molecule has 4 aliphatic rings. The molecule has 1 spiro atoms. The van der Waals surface area contributed by atoms with E-state index < -0.39 is 36.3 Å². The fraction of sp³-hybridized carbons (Fsp3) is 0.200. The van der Waals surface area contributed by atoms with Gasteiger partial charge >= 0.3 is 0 Å². The molecule has 2 aliphatic carbocycles. The maximum absolute atomic E-state index is 10.3. The summed E-state index contributed by atoms with van der Waals surface area (Å²) in [6.07, 6.45) is 0. The maximum Gasteiger partial charge on any atom is 0.252 e. The topological polar surface area (TPSA) is 11.4 Å². The molecule has 0 fully saturated rings. The minimum Gasteiger partial charge on any atom is -0.311 e. The monoisotopic (exact) mass is 1420 g/mol. The molecule has 0 atom stereocenters. The summed E-state index contributed by atoms with van der Waals surface area (Å²) in [5.74, 6) is 0. The van der Waals surface area contributed by atoms with Gasteiger partial charge in [-0.15, -0.1) is 0 Å². The molecule has 3 heterocycles. The van der Waals surface area contributed by atoms with Gasteiger partial charge in [-0.3, -0.25) is 0 Å². The Kier molecular flexibility index (Phi) is 13.3. The van der Waals surface area contributed by atoms with Gasteiger partial charge < -0.3 is 14.4 Å². The Balaban J connectivity index is 1.01. The van der Waals surface area contributed by atoms with Crippen LogP contribution >= 0.6 is 0 Å². The van der Waals surface area contributed by atoms with E-state index in [0.717, 1.165) is 123 Å². The lowest BCUT2D eigenvalue weighted by molar-refractivity contribution is 0.590. The molecule has 2 aliphatic heterocycles. The van der Waals surface area contributed by atoms with Gasteiger partial charge in [0.2, 0.25) is 0 Å². The van der Waals surface area contributed by atoms with Crippen LogP contribution in [0, 0.1) is 0 Å². The smallest absolute Gasteiger partial charge is 0.252 e. The van der Waals surface area contributed by atoms with Crippen molar-refractivity contribution in [3.8, 4) is 72.4 Å². The van der Waals surface area contributed by atoms with Crippen LogP contribution in [0.5, 0.6) is 0 Å². The summed E-state index contributed by atoms with van der Waals surface area (Å²) < 4.78 is 80.5. The van der Waals surface area contributed by atoms with E-state index in [4.69, 9.17) is 0 Å². The zero-order valence-corrected chi connectivity index (χ0v) is 65.1. The predicted octanol–water partition coefficient (Wildman–Crippen LogP) is 26.4. The fourth-order valence-electron chi connectivity index (χ4n) is 18.3. The molecule has 14 aromatic carbocycles. The summed E-state index contributed by atoms with van der Waals surface area (Å²) in [5.41, 5.74) is 27.2. The lowest BCUT2D eigenvalue weighted by atomic mass is 9.33. The first-order valence-electron chi connectivity index (χ1n) is 42.7. The van der Waals surface area contributed by atoms with Crippen molar-refractivity contribution in [3.05, 3.63) is 347 Å². The summed E-state index contributed by atoms with van der Waals surface area (Å²) in [4.78, 5) is 5.21. The highest BCUT2D eigenvalue weighted by Crippen LogP contribution is 2.65. The van der Waals surface area contributed by atoms with E-state index in [1.54, 1.807) is 0 Å². The van der Waals surface area contributed by atoms with E-state index in [-0.39, 0.29) is 73.5 Å². The van der Waals surface area contributed by atoms with Gasteiger partial charge in [0, 0.05) is 50.2 Å². The summed E-state index contributed by atoms with van der Waals surface area (Å²) in [6, 6.07) is 89.2. The van der Waals surface area contributed by atoms with Gasteiger partial charge in [-0.05, 0) is 216 Å². The van der Waals surface area contributed by atoms with Gasteiger partial charge in [0.1, 0.15) is 0 Å². The number of fused-ring (bicyclic) bond motifs is 17. The van der Waals surface area contributed by atoms with E-state index in [1.807, 2.05) is 24.3 Å². The zero-order chi connectivity index (χ0) is 82.1. The molecule has 532 valence electrons. The normalized spacial score (nSPS) is 15.1. The Hall–Kier alpha value is -11.5. The average molecular weight is 1420 g/mol. The van der Waals surface area contributed by atoms with Gasteiger partial charge in [-0.2, -0.15) is 0 Å². The van der Waals surface area contributed by atoms with Gasteiger partial charge in [0.15, 0.2) is 0 Å². The molecule has 109 heavy (non-hydrogen) atoms. The predicted molar refractivity (Wildman–Crippen MR) is 466 cm³/mol. The number of anilines is 6. The van der Waals surface area contributed by atoms with Crippen LogP contribution in [0.4, 0.5) is 34.1 Å². The first-order valence-corrected chi connectivity index (χ1v) is 38.7. The van der Waals surface area contributed by atoms with E-state index >= 15 is 0 Å². The molecule has 3 nitrogen and oxygen atoms in total. The number of hydrogen-bond acceptors (Lipinski definition) is 2. The van der Waals surface area contributed by atoms with E-state index in [9.17, 15) is 11.0 Å². The molecule has 0 amide bonds. The second-order valence-electron chi connectivity index (χ2n) is 35.9. The molecule has 15 aromatic rings. The van der Waals surface area contributed by atoms with Crippen LogP contribution in [-0.2, 0) is 32.5 Å². The maximum atomic E-state index is 10.3. The highest BCUT2D eigenvalue weighted by atomic mass is 15.2. The molecule has 0 radical (unpaired) electrons. The molecule has 4 heteroatoms. The summed E-state index contributed by atoms with van der Waals surface area (Å²) >= 11 is 0. The Morgan fingerprint density at radius 2 is 0.743 bits per heavy atom. The second-order valence-corrected chi connectivity index (χ2v) is 35.9. The highest BCUT2D eigenvalue weighted by molar-refractivity contribution is 7.00. The first-order chi connectivity index (χ1) is 55.6. The largest absolute Gasteiger partial charge is 0.311 e. The van der Waals surface area contributed by atoms with Gasteiger partial charge in [-0.25, -0.2) is 0 Å². The summed E-state index contributed by atoms with van der Waals surface area (Å²) in [7, 11) is 0. The summed E-state index contributed by atoms with van der Waals surface area (Å²) in [6.45, 7) is 34.1. The van der Waals surface area contributed by atoms with E-state index in [2.05, 4.69) is 343 Å². The number of aromatic nitrogens is 1. The summed E-state index contributed by atoms with van der Waals surface area (Å²) in [5, 5.41) is 2.36. The van der Waals surface area contributed by atoms with Crippen molar-refractivity contribution >= 4 is 79.0 Å². The lowest BCUT2D eigenvalue weighted by Gasteiger charge is -2.46. The third-order valence-electron chi connectivity index (χ3n) is 24.0. The number of hydrogen-bond donors (Lipinski definition) is 0. The second kappa shape index (κ2) is 24.3.